The Morgan fingerprint density at radius 3 is 2.63 bits per heavy atom. The van der Waals surface area contributed by atoms with Gasteiger partial charge in [-0.2, -0.15) is 0 Å². The van der Waals surface area contributed by atoms with Gasteiger partial charge in [-0.25, -0.2) is 0 Å². The minimum atomic E-state index is -0.362. The molecule has 1 aromatic heterocycles. The van der Waals surface area contributed by atoms with Gasteiger partial charge in [0.25, 0.3) is 5.91 Å². The Morgan fingerprint density at radius 1 is 1.13 bits per heavy atom. The third-order valence-corrected chi connectivity index (χ3v) is 6.64. The molecule has 6 nitrogen and oxygen atoms in total. The fourth-order valence-corrected chi connectivity index (χ4v) is 4.81. The monoisotopic (exact) mass is 407 g/mol. The van der Waals surface area contributed by atoms with Crippen molar-refractivity contribution >= 4 is 28.6 Å². The van der Waals surface area contributed by atoms with Crippen molar-refractivity contribution in [1.29, 1.82) is 0 Å². The maximum atomic E-state index is 12.8. The lowest BCUT2D eigenvalue weighted by Crippen LogP contribution is -2.39. The zero-order chi connectivity index (χ0) is 21.3. The molecule has 3 amide bonds. The van der Waals surface area contributed by atoms with Crippen molar-refractivity contribution in [1.82, 2.24) is 15.6 Å². The predicted octanol–water partition coefficient (Wildman–Crippen LogP) is 3.76. The van der Waals surface area contributed by atoms with E-state index in [2.05, 4.69) is 22.5 Å². The number of carbonyl (C=O) groups is 3. The molecular formula is C24H29N3O3. The van der Waals surface area contributed by atoms with E-state index in [0.717, 1.165) is 22.2 Å². The highest BCUT2D eigenvalue weighted by Crippen LogP contribution is 2.30. The van der Waals surface area contributed by atoms with Crippen LogP contribution in [0.4, 0.5) is 0 Å². The Hall–Kier alpha value is -2.76. The maximum Gasteiger partial charge on any atom is 0.251 e. The van der Waals surface area contributed by atoms with Gasteiger partial charge in [-0.3, -0.25) is 24.7 Å². The van der Waals surface area contributed by atoms with Gasteiger partial charge in [0.1, 0.15) is 0 Å². The van der Waals surface area contributed by atoms with Crippen LogP contribution < -0.4 is 10.6 Å². The molecule has 2 heterocycles. The summed E-state index contributed by atoms with van der Waals surface area (Å²) in [5.41, 5.74) is 2.94. The van der Waals surface area contributed by atoms with Gasteiger partial charge in [-0.05, 0) is 62.8 Å². The maximum absolute atomic E-state index is 12.8. The van der Waals surface area contributed by atoms with Gasteiger partial charge >= 0.3 is 0 Å². The van der Waals surface area contributed by atoms with Crippen LogP contribution in [-0.4, -0.2) is 28.7 Å². The molecule has 2 unspecified atom stereocenters. The number of aryl methyl sites for hydroxylation is 1. The fraction of sp³-hybridized carbons (Fsp3) is 0.500. The first-order chi connectivity index (χ1) is 14.4. The van der Waals surface area contributed by atoms with Crippen LogP contribution in [0.15, 0.2) is 24.3 Å². The molecule has 4 rings (SSSR count). The molecule has 1 aromatic carbocycles. The molecular weight excluding hydrogens is 378 g/mol. The number of nitrogens with zero attached hydrogens (tertiary/aromatic N) is 1. The van der Waals surface area contributed by atoms with E-state index in [1.54, 1.807) is 0 Å². The van der Waals surface area contributed by atoms with E-state index in [9.17, 15) is 14.4 Å². The summed E-state index contributed by atoms with van der Waals surface area (Å²) in [7, 11) is 0. The number of carbonyl (C=O) groups excluding carboxylic acids is 3. The summed E-state index contributed by atoms with van der Waals surface area (Å²) >= 11 is 0. The molecule has 1 aliphatic heterocycles. The highest BCUT2D eigenvalue weighted by atomic mass is 16.2. The Morgan fingerprint density at radius 2 is 1.90 bits per heavy atom. The second kappa shape index (κ2) is 8.54. The predicted molar refractivity (Wildman–Crippen MR) is 115 cm³/mol. The number of imide groups is 1. The molecule has 2 N–H and O–H groups in total. The lowest BCUT2D eigenvalue weighted by Gasteiger charge is -2.28. The average molecular weight is 408 g/mol. The summed E-state index contributed by atoms with van der Waals surface area (Å²) in [4.78, 5) is 41.2. The van der Waals surface area contributed by atoms with Crippen LogP contribution in [0.2, 0.25) is 0 Å². The molecule has 30 heavy (non-hydrogen) atoms. The van der Waals surface area contributed by atoms with Gasteiger partial charge in [0.2, 0.25) is 11.8 Å². The zero-order valence-electron chi connectivity index (χ0n) is 17.7. The summed E-state index contributed by atoms with van der Waals surface area (Å²) in [5, 5.41) is 6.47. The number of pyridine rings is 1. The lowest BCUT2D eigenvalue weighted by atomic mass is 9.84. The summed E-state index contributed by atoms with van der Waals surface area (Å²) in [5.74, 6) is -0.355. The van der Waals surface area contributed by atoms with Crippen molar-refractivity contribution < 1.29 is 14.4 Å². The minimum Gasteiger partial charge on any atom is -0.349 e. The first-order valence-electron chi connectivity index (χ1n) is 11.0. The van der Waals surface area contributed by atoms with Gasteiger partial charge in [0.05, 0.1) is 11.4 Å². The second-order valence-corrected chi connectivity index (χ2v) is 8.73. The largest absolute Gasteiger partial charge is 0.349 e. The van der Waals surface area contributed by atoms with E-state index in [-0.39, 0.29) is 29.7 Å². The van der Waals surface area contributed by atoms with Gasteiger partial charge in [0, 0.05) is 29.1 Å². The average Bonchev–Trinajstić information content (AvgIpc) is 2.74. The smallest absolute Gasteiger partial charge is 0.251 e. The number of nitrogens with one attached hydrogen (secondary N) is 2. The van der Waals surface area contributed by atoms with Crippen molar-refractivity contribution in [2.45, 2.75) is 70.8 Å². The molecule has 2 fully saturated rings. The molecule has 1 saturated carbocycles. The first kappa shape index (κ1) is 20.5. The van der Waals surface area contributed by atoms with E-state index >= 15 is 0 Å². The van der Waals surface area contributed by atoms with Crippen molar-refractivity contribution in [3.8, 4) is 0 Å². The Labute approximate surface area is 176 Å². The van der Waals surface area contributed by atoms with E-state index in [4.69, 9.17) is 0 Å². The minimum absolute atomic E-state index is 0.0660. The number of fused-ring (bicyclic) bond motifs is 1. The molecule has 0 bridgehead atoms. The van der Waals surface area contributed by atoms with Crippen molar-refractivity contribution in [3.63, 3.8) is 0 Å². The normalized spacial score (nSPS) is 21.3. The van der Waals surface area contributed by atoms with E-state index in [0.29, 0.717) is 24.3 Å². The van der Waals surface area contributed by atoms with Crippen molar-refractivity contribution in [2.75, 3.05) is 0 Å². The zero-order valence-corrected chi connectivity index (χ0v) is 17.7. The quantitative estimate of drug-likeness (QED) is 0.756. The number of piperidine rings is 1. The Kier molecular flexibility index (Phi) is 5.84. The topological polar surface area (TPSA) is 88.2 Å². The molecule has 6 heteroatoms. The third-order valence-electron chi connectivity index (χ3n) is 6.64. The highest BCUT2D eigenvalue weighted by Gasteiger charge is 2.29. The van der Waals surface area contributed by atoms with E-state index in [1.807, 2.05) is 31.2 Å². The summed E-state index contributed by atoms with van der Waals surface area (Å²) in [6.07, 6.45) is 7.00. The molecule has 0 radical (unpaired) electrons. The molecule has 1 aliphatic carbocycles. The fourth-order valence-electron chi connectivity index (χ4n) is 4.81. The standard InChI is InChI=1S/C24H29N3O3/c1-14(16-6-4-3-5-7-16)26-23(29)18-9-8-17-12-20(15(2)25-21(17)13-18)19-10-11-22(28)27-24(19)30/h8-9,12-14,16,19H,3-7,10-11H2,1-2H3,(H,26,29)(H,27,28,30). The molecule has 1 saturated heterocycles. The highest BCUT2D eigenvalue weighted by molar-refractivity contribution is 6.02. The van der Waals surface area contributed by atoms with Crippen LogP contribution in [0.3, 0.4) is 0 Å². The number of amides is 3. The second-order valence-electron chi connectivity index (χ2n) is 8.73. The molecule has 2 aliphatic rings. The van der Waals surface area contributed by atoms with Crippen molar-refractivity contribution in [3.05, 3.63) is 41.1 Å². The van der Waals surface area contributed by atoms with Crippen LogP contribution in [0, 0.1) is 12.8 Å². The molecule has 158 valence electrons. The summed E-state index contributed by atoms with van der Waals surface area (Å²) in [6.45, 7) is 3.97. The molecule has 2 atom stereocenters. The third kappa shape index (κ3) is 4.23. The lowest BCUT2D eigenvalue weighted by molar-refractivity contribution is -0.134. The molecule has 0 spiro atoms. The SMILES string of the molecule is Cc1nc2cc(C(=O)NC(C)C3CCCCC3)ccc2cc1C1CCC(=O)NC1=O. The number of rotatable bonds is 4. The van der Waals surface area contributed by atoms with Crippen LogP contribution in [0.1, 0.15) is 79.4 Å². The van der Waals surface area contributed by atoms with Crippen LogP contribution in [-0.2, 0) is 9.59 Å². The van der Waals surface area contributed by atoms with E-state index < -0.39 is 0 Å². The number of hydrogen-bond acceptors (Lipinski definition) is 4. The summed E-state index contributed by atoms with van der Waals surface area (Å²) in [6, 6.07) is 7.65. The number of aromatic nitrogens is 1. The van der Waals surface area contributed by atoms with Gasteiger partial charge < -0.3 is 5.32 Å². The van der Waals surface area contributed by atoms with Crippen molar-refractivity contribution in [2.24, 2.45) is 5.92 Å². The number of benzene rings is 1. The number of hydrogen-bond donors (Lipinski definition) is 2. The van der Waals surface area contributed by atoms with Gasteiger partial charge in [-0.15, -0.1) is 0 Å². The van der Waals surface area contributed by atoms with E-state index in [1.165, 1.54) is 32.1 Å². The van der Waals surface area contributed by atoms with Crippen LogP contribution >= 0.6 is 0 Å². The van der Waals surface area contributed by atoms with Gasteiger partial charge in [0.15, 0.2) is 0 Å². The van der Waals surface area contributed by atoms with Gasteiger partial charge in [-0.1, -0.05) is 25.3 Å². The van der Waals surface area contributed by atoms with Crippen LogP contribution in [0.5, 0.6) is 0 Å². The molecule has 2 aromatic rings. The summed E-state index contributed by atoms with van der Waals surface area (Å²) < 4.78 is 0. The Balaban J connectivity index is 1.53. The first-order valence-corrected chi connectivity index (χ1v) is 11.0. The Bertz CT molecular complexity index is 995. The van der Waals surface area contributed by atoms with Crippen LogP contribution in [0.25, 0.3) is 10.9 Å².